The molecular formula is C23H24ClN3O3. The van der Waals surface area contributed by atoms with Crippen molar-refractivity contribution in [2.75, 3.05) is 13.2 Å². The Morgan fingerprint density at radius 2 is 2.20 bits per heavy atom. The number of furan rings is 1. The number of ether oxygens (including phenoxy) is 1. The smallest absolute Gasteiger partial charge is 0.287 e. The molecule has 0 radical (unpaired) electrons. The molecule has 1 N–H and O–H groups in total. The maximum absolute atomic E-state index is 12.7. The van der Waals surface area contributed by atoms with Crippen LogP contribution in [0.2, 0.25) is 5.02 Å². The summed E-state index contributed by atoms with van der Waals surface area (Å²) in [6.07, 6.45) is 5.82. The van der Waals surface area contributed by atoms with Crippen molar-refractivity contribution >= 4 is 17.5 Å². The highest BCUT2D eigenvalue weighted by Gasteiger charge is 2.30. The van der Waals surface area contributed by atoms with E-state index in [0.717, 1.165) is 65.5 Å². The summed E-state index contributed by atoms with van der Waals surface area (Å²) in [5.74, 6) is 1.03. The summed E-state index contributed by atoms with van der Waals surface area (Å²) in [7, 11) is 0. The first kappa shape index (κ1) is 19.4. The average Bonchev–Trinajstić information content (AvgIpc) is 3.46. The average molecular weight is 426 g/mol. The lowest BCUT2D eigenvalue weighted by molar-refractivity contribution is 0.0833. The van der Waals surface area contributed by atoms with Gasteiger partial charge in [-0.15, -0.1) is 0 Å². The van der Waals surface area contributed by atoms with Crippen LogP contribution in [0.25, 0.3) is 11.3 Å². The molecule has 1 amide bonds. The minimum Gasteiger partial charge on any atom is -0.455 e. The second-order valence-electron chi connectivity index (χ2n) is 7.99. The van der Waals surface area contributed by atoms with Crippen LogP contribution in [0.15, 0.2) is 34.9 Å². The van der Waals surface area contributed by atoms with Crippen LogP contribution < -0.4 is 5.32 Å². The number of aryl methyl sites for hydroxylation is 2. The number of nitrogens with zero attached hydrogens (tertiary/aromatic N) is 2. The zero-order valence-electron chi connectivity index (χ0n) is 16.9. The van der Waals surface area contributed by atoms with E-state index in [1.165, 1.54) is 5.56 Å². The summed E-state index contributed by atoms with van der Waals surface area (Å²) < 4.78 is 13.5. The molecule has 3 aromatic rings. The van der Waals surface area contributed by atoms with Crippen molar-refractivity contribution in [1.29, 1.82) is 0 Å². The van der Waals surface area contributed by atoms with Gasteiger partial charge in [0.2, 0.25) is 0 Å². The fourth-order valence-electron chi connectivity index (χ4n) is 4.35. The van der Waals surface area contributed by atoms with Crippen molar-refractivity contribution in [3.63, 3.8) is 0 Å². The maximum Gasteiger partial charge on any atom is 0.287 e. The van der Waals surface area contributed by atoms with Crippen molar-refractivity contribution in [1.82, 2.24) is 15.1 Å². The van der Waals surface area contributed by atoms with E-state index in [0.29, 0.717) is 18.8 Å². The molecule has 5 rings (SSSR count). The summed E-state index contributed by atoms with van der Waals surface area (Å²) in [5, 5.41) is 8.51. The molecule has 6 nitrogen and oxygen atoms in total. The zero-order chi connectivity index (χ0) is 20.7. The van der Waals surface area contributed by atoms with Crippen molar-refractivity contribution in [2.24, 2.45) is 0 Å². The van der Waals surface area contributed by atoms with Gasteiger partial charge in [-0.05, 0) is 43.4 Å². The molecule has 1 atom stereocenters. The Morgan fingerprint density at radius 1 is 1.33 bits per heavy atom. The Bertz CT molecular complexity index is 1100. The Morgan fingerprint density at radius 3 is 3.00 bits per heavy atom. The molecule has 0 spiro atoms. The fourth-order valence-corrected chi connectivity index (χ4v) is 4.55. The van der Waals surface area contributed by atoms with Crippen LogP contribution in [-0.4, -0.2) is 34.9 Å². The van der Waals surface area contributed by atoms with E-state index in [4.69, 9.17) is 25.9 Å². The van der Waals surface area contributed by atoms with Crippen LogP contribution in [0.4, 0.5) is 0 Å². The third kappa shape index (κ3) is 3.55. The summed E-state index contributed by atoms with van der Waals surface area (Å²) in [6.45, 7) is 3.83. The van der Waals surface area contributed by atoms with Crippen LogP contribution >= 0.6 is 11.6 Å². The number of carbonyl (C=O) groups excluding carboxylic acids is 1. The van der Waals surface area contributed by atoms with Crippen LogP contribution in [-0.2, 0) is 24.1 Å². The fraction of sp³-hybridized carbons (Fsp3) is 0.391. The first-order valence-corrected chi connectivity index (χ1v) is 10.8. The predicted molar refractivity (Wildman–Crippen MR) is 114 cm³/mol. The van der Waals surface area contributed by atoms with Crippen LogP contribution in [0.5, 0.6) is 0 Å². The number of amides is 1. The molecule has 156 valence electrons. The molecule has 1 saturated heterocycles. The Kier molecular flexibility index (Phi) is 5.13. The third-order valence-electron chi connectivity index (χ3n) is 5.93. The van der Waals surface area contributed by atoms with E-state index in [9.17, 15) is 4.79 Å². The molecule has 1 aromatic carbocycles. The van der Waals surface area contributed by atoms with E-state index in [-0.39, 0.29) is 12.0 Å². The number of fused-ring (bicyclic) bond motifs is 3. The normalized spacial score (nSPS) is 17.6. The highest BCUT2D eigenvalue weighted by atomic mass is 35.5. The SMILES string of the molecule is Cc1c(C(=O)NCC2CCCO2)oc2c1-c1nn(Cc3ccccc3Cl)cc1CC2. The van der Waals surface area contributed by atoms with Gasteiger partial charge >= 0.3 is 0 Å². The van der Waals surface area contributed by atoms with Gasteiger partial charge in [0, 0.05) is 41.9 Å². The van der Waals surface area contributed by atoms with Crippen LogP contribution in [0.3, 0.4) is 0 Å². The lowest BCUT2D eigenvalue weighted by atomic mass is 9.93. The number of carbonyl (C=O) groups is 1. The van der Waals surface area contributed by atoms with E-state index in [1.54, 1.807) is 0 Å². The molecule has 30 heavy (non-hydrogen) atoms. The van der Waals surface area contributed by atoms with Crippen molar-refractivity contribution < 1.29 is 13.9 Å². The third-order valence-corrected chi connectivity index (χ3v) is 6.29. The minimum atomic E-state index is -0.186. The molecule has 1 aliphatic heterocycles. The molecule has 1 unspecified atom stereocenters. The number of rotatable bonds is 5. The highest BCUT2D eigenvalue weighted by Crippen LogP contribution is 2.38. The topological polar surface area (TPSA) is 69.3 Å². The highest BCUT2D eigenvalue weighted by molar-refractivity contribution is 6.31. The monoisotopic (exact) mass is 425 g/mol. The van der Waals surface area contributed by atoms with Gasteiger partial charge in [-0.25, -0.2) is 0 Å². The quantitative estimate of drug-likeness (QED) is 0.666. The van der Waals surface area contributed by atoms with Crippen molar-refractivity contribution in [3.05, 3.63) is 63.7 Å². The molecule has 2 aromatic heterocycles. The van der Waals surface area contributed by atoms with Gasteiger partial charge in [0.05, 0.1) is 18.3 Å². The molecule has 1 aliphatic carbocycles. The number of aromatic nitrogens is 2. The first-order chi connectivity index (χ1) is 14.6. The summed E-state index contributed by atoms with van der Waals surface area (Å²) >= 11 is 6.31. The molecule has 0 bridgehead atoms. The van der Waals surface area contributed by atoms with Gasteiger partial charge in [0.1, 0.15) is 5.76 Å². The number of hydrogen-bond donors (Lipinski definition) is 1. The molecule has 0 saturated carbocycles. The largest absolute Gasteiger partial charge is 0.455 e. The lowest BCUT2D eigenvalue weighted by Gasteiger charge is -2.10. The van der Waals surface area contributed by atoms with E-state index in [2.05, 4.69) is 11.5 Å². The minimum absolute atomic E-state index is 0.103. The predicted octanol–water partition coefficient (Wildman–Crippen LogP) is 4.16. The first-order valence-electron chi connectivity index (χ1n) is 10.4. The second kappa shape index (κ2) is 7.93. The van der Waals surface area contributed by atoms with Gasteiger partial charge in [-0.3, -0.25) is 9.48 Å². The van der Waals surface area contributed by atoms with Crippen LogP contribution in [0, 0.1) is 6.92 Å². The van der Waals surface area contributed by atoms with E-state index >= 15 is 0 Å². The molecule has 3 heterocycles. The zero-order valence-corrected chi connectivity index (χ0v) is 17.7. The second-order valence-corrected chi connectivity index (χ2v) is 8.40. The standard InChI is InChI=1S/C23H24ClN3O3/c1-14-20-19(30-22(14)23(28)25-11-17-6-4-10-29-17)9-8-16-13-27(26-21(16)20)12-15-5-2-3-7-18(15)24/h2-3,5,7,13,17H,4,6,8-12H2,1H3,(H,25,28). The number of halogens is 1. The lowest BCUT2D eigenvalue weighted by Crippen LogP contribution is -2.31. The number of hydrogen-bond acceptors (Lipinski definition) is 4. The van der Waals surface area contributed by atoms with Gasteiger partial charge in [-0.1, -0.05) is 29.8 Å². The van der Waals surface area contributed by atoms with Gasteiger partial charge in [0.15, 0.2) is 5.76 Å². The molecular weight excluding hydrogens is 402 g/mol. The molecule has 1 fully saturated rings. The molecule has 7 heteroatoms. The number of benzene rings is 1. The van der Waals surface area contributed by atoms with Crippen LogP contribution in [0.1, 0.15) is 45.8 Å². The van der Waals surface area contributed by atoms with E-state index in [1.807, 2.05) is 35.9 Å². The summed E-state index contributed by atoms with van der Waals surface area (Å²) in [5.41, 5.74) is 4.90. The summed E-state index contributed by atoms with van der Waals surface area (Å²) in [6, 6.07) is 7.80. The Labute approximate surface area is 180 Å². The maximum atomic E-state index is 12.7. The van der Waals surface area contributed by atoms with Gasteiger partial charge in [-0.2, -0.15) is 5.10 Å². The summed E-state index contributed by atoms with van der Waals surface area (Å²) in [4.78, 5) is 12.7. The van der Waals surface area contributed by atoms with E-state index < -0.39 is 0 Å². The van der Waals surface area contributed by atoms with Gasteiger partial charge in [0.25, 0.3) is 5.91 Å². The van der Waals surface area contributed by atoms with Crippen molar-refractivity contribution in [3.8, 4) is 11.3 Å². The van der Waals surface area contributed by atoms with Crippen molar-refractivity contribution in [2.45, 2.75) is 45.3 Å². The number of nitrogens with one attached hydrogen (secondary N) is 1. The Balaban J connectivity index is 1.39. The Hall–Kier alpha value is -2.57. The van der Waals surface area contributed by atoms with Gasteiger partial charge < -0.3 is 14.5 Å². The molecule has 2 aliphatic rings.